The van der Waals surface area contributed by atoms with E-state index in [4.69, 9.17) is 10.2 Å². The summed E-state index contributed by atoms with van der Waals surface area (Å²) in [5.74, 6) is 0. The average Bonchev–Trinajstić information content (AvgIpc) is 1.80. The van der Waals surface area contributed by atoms with E-state index in [9.17, 15) is 13.0 Å². The predicted molar refractivity (Wildman–Crippen MR) is 32.0 cm³/mol. The van der Waals surface area contributed by atoms with Crippen LogP contribution in [0.2, 0.25) is 0 Å². The fraction of sp³-hybridized carbons (Fsp3) is 0.500. The van der Waals surface area contributed by atoms with Crippen molar-refractivity contribution in [2.24, 2.45) is 0 Å². The molecule has 60 valence electrons. The van der Waals surface area contributed by atoms with E-state index >= 15 is 0 Å². The molecule has 0 aromatic carbocycles. The van der Waals surface area contributed by atoms with Crippen LogP contribution in [-0.4, -0.2) is 36.4 Å². The van der Waals surface area contributed by atoms with Gasteiger partial charge in [0, 0.05) is 0 Å². The molecule has 2 N–H and O–H groups in total. The molecule has 7 heteroatoms. The van der Waals surface area contributed by atoms with E-state index in [1.807, 2.05) is 0 Å². The Morgan fingerprint density at radius 1 is 1.45 bits per heavy atom. The van der Waals surface area contributed by atoms with Crippen molar-refractivity contribution in [1.29, 1.82) is 0 Å². The van der Waals surface area contributed by atoms with Crippen LogP contribution in [0.3, 0.4) is 0 Å². The fourth-order valence-corrected chi connectivity index (χ4v) is 0.784. The summed E-state index contributed by atoms with van der Waals surface area (Å²) in [6.45, 7) is -1.44. The number of aliphatic hydroxyl groups excluding tert-OH is 2. The molecule has 0 aromatic heterocycles. The van der Waals surface area contributed by atoms with Crippen LogP contribution in [0.15, 0.2) is 11.0 Å². The van der Waals surface area contributed by atoms with Gasteiger partial charge in [0.1, 0.15) is 10.1 Å². The van der Waals surface area contributed by atoms with Gasteiger partial charge in [-0.25, -0.2) is 8.42 Å². The smallest absolute Gasteiger partial charge is 0.744 e. The van der Waals surface area contributed by atoms with Gasteiger partial charge in [0.05, 0.1) is 18.1 Å². The summed E-state index contributed by atoms with van der Waals surface area (Å²) in [5, 5.41) is 16.4. The van der Waals surface area contributed by atoms with E-state index in [1.165, 1.54) is 0 Å². The third kappa shape index (κ3) is 5.80. The molecule has 0 spiro atoms. The van der Waals surface area contributed by atoms with E-state index in [0.29, 0.717) is 0 Å². The second-order valence-electron chi connectivity index (χ2n) is 1.47. The molecule has 0 aliphatic rings. The maximum atomic E-state index is 10.1. The quantitative estimate of drug-likeness (QED) is 0.345. The topological polar surface area (TPSA) is 97.7 Å². The van der Waals surface area contributed by atoms with Gasteiger partial charge in [0.15, 0.2) is 0 Å². The zero-order valence-corrected chi connectivity index (χ0v) is 8.84. The Labute approximate surface area is 86.8 Å². The third-order valence-corrected chi connectivity index (χ3v) is 1.73. The molecule has 0 rings (SSSR count). The molecule has 0 saturated carbocycles. The Morgan fingerprint density at radius 3 is 2.00 bits per heavy atom. The normalized spacial score (nSPS) is 12.5. The van der Waals surface area contributed by atoms with Gasteiger partial charge in [-0.3, -0.25) is 0 Å². The molecule has 0 radical (unpaired) electrons. The molecular formula is C4H7NaO5S. The summed E-state index contributed by atoms with van der Waals surface area (Å²) in [5.41, 5.74) is 0. The molecular weight excluding hydrogens is 183 g/mol. The molecule has 0 fully saturated rings. The van der Waals surface area contributed by atoms with E-state index in [0.717, 1.165) is 6.08 Å². The summed E-state index contributed by atoms with van der Waals surface area (Å²) in [7, 11) is -4.58. The van der Waals surface area contributed by atoms with Gasteiger partial charge in [0.2, 0.25) is 0 Å². The number of hydrogen-bond acceptors (Lipinski definition) is 5. The van der Waals surface area contributed by atoms with Gasteiger partial charge in [0.25, 0.3) is 0 Å². The minimum absolute atomic E-state index is 0. The van der Waals surface area contributed by atoms with Crippen LogP contribution in [0, 0.1) is 0 Å². The third-order valence-electron chi connectivity index (χ3n) is 0.796. The molecule has 0 aliphatic heterocycles. The van der Waals surface area contributed by atoms with Crippen molar-refractivity contribution >= 4 is 10.1 Å². The molecule has 0 bridgehead atoms. The van der Waals surface area contributed by atoms with Crippen LogP contribution in [0.4, 0.5) is 0 Å². The zero-order valence-electron chi connectivity index (χ0n) is 6.02. The summed E-state index contributed by atoms with van der Waals surface area (Å²) in [6, 6.07) is 0. The van der Waals surface area contributed by atoms with Gasteiger partial charge in [-0.05, 0) is 6.08 Å². The molecule has 5 nitrogen and oxygen atoms in total. The van der Waals surface area contributed by atoms with Crippen molar-refractivity contribution in [3.05, 3.63) is 11.0 Å². The minimum atomic E-state index is -4.58. The average molecular weight is 190 g/mol. The first-order chi connectivity index (χ1) is 4.52. The monoisotopic (exact) mass is 190 g/mol. The van der Waals surface area contributed by atoms with E-state index < -0.39 is 28.2 Å². The molecule has 0 saturated heterocycles. The Balaban J connectivity index is 0. The summed E-state index contributed by atoms with van der Waals surface area (Å²) in [6.07, 6.45) is 0.752. The van der Waals surface area contributed by atoms with E-state index in [-0.39, 0.29) is 29.6 Å². The van der Waals surface area contributed by atoms with Crippen LogP contribution in [0.5, 0.6) is 0 Å². The fourth-order valence-electron chi connectivity index (χ4n) is 0.347. The van der Waals surface area contributed by atoms with Gasteiger partial charge in [-0.1, -0.05) is 0 Å². The zero-order chi connectivity index (χ0) is 8.20. The van der Waals surface area contributed by atoms with Crippen LogP contribution in [-0.2, 0) is 10.1 Å². The van der Waals surface area contributed by atoms with E-state index in [2.05, 4.69) is 0 Å². The number of aliphatic hydroxyl groups is 2. The summed E-state index contributed by atoms with van der Waals surface area (Å²) < 4.78 is 30.2. The standard InChI is InChI=1S/C4H8O5S.Na/c5-2-1-4(3-6)10(7,8)9;/h1,5-6H,2-3H2,(H,7,8,9);/q;+1/p-1/b4-1+;. The molecule has 0 amide bonds. The Hall–Kier alpha value is 0.570. The van der Waals surface area contributed by atoms with Crippen molar-refractivity contribution in [3.8, 4) is 0 Å². The molecule has 0 heterocycles. The predicted octanol–water partition coefficient (Wildman–Crippen LogP) is -4.60. The summed E-state index contributed by atoms with van der Waals surface area (Å²) >= 11 is 0. The molecule has 0 atom stereocenters. The second-order valence-corrected chi connectivity index (χ2v) is 2.90. The van der Waals surface area contributed by atoms with Crippen molar-refractivity contribution < 1.29 is 52.7 Å². The molecule has 11 heavy (non-hydrogen) atoms. The number of rotatable bonds is 3. The first kappa shape index (κ1) is 14.1. The van der Waals surface area contributed by atoms with Gasteiger partial charge >= 0.3 is 29.6 Å². The summed E-state index contributed by atoms with van der Waals surface area (Å²) in [4.78, 5) is -0.699. The van der Waals surface area contributed by atoms with Crippen LogP contribution in [0.1, 0.15) is 0 Å². The largest absolute Gasteiger partial charge is 1.00 e. The SMILES string of the molecule is O=S(=O)([O-])/C(=C/CO)CO.[Na+]. The minimum Gasteiger partial charge on any atom is -0.744 e. The first-order valence-electron chi connectivity index (χ1n) is 2.39. The maximum Gasteiger partial charge on any atom is 1.00 e. The van der Waals surface area contributed by atoms with Gasteiger partial charge in [-0.15, -0.1) is 0 Å². The van der Waals surface area contributed by atoms with Crippen molar-refractivity contribution in [3.63, 3.8) is 0 Å². The first-order valence-corrected chi connectivity index (χ1v) is 3.80. The second kappa shape index (κ2) is 6.13. The Kier molecular flexibility index (Phi) is 7.86. The molecule has 0 aromatic rings. The van der Waals surface area contributed by atoms with Crippen LogP contribution < -0.4 is 29.6 Å². The van der Waals surface area contributed by atoms with Gasteiger partial charge < -0.3 is 14.8 Å². The van der Waals surface area contributed by atoms with Crippen LogP contribution in [0.25, 0.3) is 0 Å². The van der Waals surface area contributed by atoms with Crippen molar-refractivity contribution in [2.45, 2.75) is 0 Å². The molecule has 0 aliphatic carbocycles. The maximum absolute atomic E-state index is 10.1. The number of hydrogen-bond donors (Lipinski definition) is 2. The van der Waals surface area contributed by atoms with Crippen LogP contribution >= 0.6 is 0 Å². The van der Waals surface area contributed by atoms with E-state index in [1.54, 1.807) is 0 Å². The molecule has 0 unspecified atom stereocenters. The van der Waals surface area contributed by atoms with Gasteiger partial charge in [-0.2, -0.15) is 0 Å². The van der Waals surface area contributed by atoms with Crippen molar-refractivity contribution in [1.82, 2.24) is 0 Å². The van der Waals surface area contributed by atoms with Crippen molar-refractivity contribution in [2.75, 3.05) is 13.2 Å². The Bertz CT molecular complexity index is 219. The Morgan fingerprint density at radius 2 is 1.91 bits per heavy atom.